The van der Waals surface area contributed by atoms with Crippen molar-refractivity contribution in [3.63, 3.8) is 0 Å². The Kier molecular flexibility index (Phi) is 7.17. The van der Waals surface area contributed by atoms with Crippen molar-refractivity contribution in [2.75, 3.05) is 50.1 Å². The number of morpholine rings is 1. The lowest BCUT2D eigenvalue weighted by molar-refractivity contribution is -0.383. The third kappa shape index (κ3) is 5.43. The van der Waals surface area contributed by atoms with Crippen LogP contribution < -0.4 is 9.80 Å². The number of rotatable bonds is 8. The van der Waals surface area contributed by atoms with Gasteiger partial charge in [-0.05, 0) is 33.5 Å². The number of benzene rings is 1. The third-order valence-electron chi connectivity index (χ3n) is 5.02. The molecule has 0 N–H and O–H groups in total. The highest BCUT2D eigenvalue weighted by molar-refractivity contribution is 5.71. The van der Waals surface area contributed by atoms with Gasteiger partial charge in [0.25, 0.3) is 0 Å². The molecule has 9 nitrogen and oxygen atoms in total. The molecule has 0 amide bonds. The van der Waals surface area contributed by atoms with Crippen molar-refractivity contribution in [1.29, 1.82) is 0 Å². The Morgan fingerprint density at radius 3 is 2.40 bits per heavy atom. The van der Waals surface area contributed by atoms with Gasteiger partial charge in [-0.15, -0.1) is 0 Å². The van der Waals surface area contributed by atoms with Crippen LogP contribution in [0.5, 0.6) is 0 Å². The summed E-state index contributed by atoms with van der Waals surface area (Å²) in [4.78, 5) is 26.5. The largest absolute Gasteiger partial charge is 0.372 e. The maximum atomic E-state index is 12.2. The molecule has 2 unspecified atom stereocenters. The molecule has 0 saturated carbocycles. The molecular weight excluding hydrogens is 384 g/mol. The van der Waals surface area contributed by atoms with Crippen LogP contribution in [-0.4, -0.2) is 72.3 Å². The van der Waals surface area contributed by atoms with E-state index in [4.69, 9.17) is 4.74 Å². The van der Waals surface area contributed by atoms with Gasteiger partial charge < -0.3 is 19.4 Å². The second kappa shape index (κ2) is 9.82. The first-order chi connectivity index (χ1) is 14.3. The van der Waals surface area contributed by atoms with Crippen LogP contribution in [0.3, 0.4) is 0 Å². The Hall–Kier alpha value is -2.78. The summed E-state index contributed by atoms with van der Waals surface area (Å²) in [5, 5.41) is 12.2. The van der Waals surface area contributed by atoms with Crippen molar-refractivity contribution in [3.8, 4) is 0 Å². The lowest BCUT2D eigenvalue weighted by Gasteiger charge is -2.36. The standard InChI is InChI=1S/C21H30N6O3/c1-16-12-26(13-17(2)30-16)21-19(27(28)29)20(22-15-23-21)25(11-10-24(3)4)14-18-8-6-5-7-9-18/h5-9,15-17H,10-14H2,1-4H3. The average molecular weight is 415 g/mol. The third-order valence-corrected chi connectivity index (χ3v) is 5.02. The smallest absolute Gasteiger partial charge is 0.353 e. The van der Waals surface area contributed by atoms with Gasteiger partial charge in [-0.1, -0.05) is 30.3 Å². The molecule has 3 rings (SSSR count). The molecule has 162 valence electrons. The van der Waals surface area contributed by atoms with E-state index in [1.807, 2.05) is 68.1 Å². The molecule has 30 heavy (non-hydrogen) atoms. The number of anilines is 2. The molecule has 0 aliphatic carbocycles. The van der Waals surface area contributed by atoms with Crippen LogP contribution in [0, 0.1) is 10.1 Å². The number of ether oxygens (including phenoxy) is 1. The minimum Gasteiger partial charge on any atom is -0.372 e. The summed E-state index contributed by atoms with van der Waals surface area (Å²) in [6, 6.07) is 9.93. The number of nitro groups is 1. The number of hydrogen-bond donors (Lipinski definition) is 0. The van der Waals surface area contributed by atoms with Gasteiger partial charge in [0.2, 0.25) is 11.6 Å². The van der Waals surface area contributed by atoms with E-state index in [2.05, 4.69) is 14.9 Å². The van der Waals surface area contributed by atoms with Crippen molar-refractivity contribution in [2.24, 2.45) is 0 Å². The van der Waals surface area contributed by atoms with Crippen molar-refractivity contribution < 1.29 is 9.66 Å². The molecule has 0 spiro atoms. The predicted molar refractivity (Wildman–Crippen MR) is 117 cm³/mol. The van der Waals surface area contributed by atoms with Crippen molar-refractivity contribution in [1.82, 2.24) is 14.9 Å². The van der Waals surface area contributed by atoms with Gasteiger partial charge in [0, 0.05) is 32.7 Å². The van der Waals surface area contributed by atoms with E-state index in [0.29, 0.717) is 37.8 Å². The monoisotopic (exact) mass is 414 g/mol. The van der Waals surface area contributed by atoms with Gasteiger partial charge in [0.1, 0.15) is 6.33 Å². The highest BCUT2D eigenvalue weighted by Gasteiger charge is 2.33. The molecule has 1 aliphatic heterocycles. The highest BCUT2D eigenvalue weighted by atomic mass is 16.6. The van der Waals surface area contributed by atoms with Gasteiger partial charge in [0.05, 0.1) is 17.1 Å². The van der Waals surface area contributed by atoms with Crippen LogP contribution in [0.2, 0.25) is 0 Å². The topological polar surface area (TPSA) is 87.9 Å². The first kappa shape index (κ1) is 21.9. The molecule has 2 atom stereocenters. The SMILES string of the molecule is CC1CN(c2ncnc(N(CCN(C)C)Cc3ccccc3)c2[N+](=O)[O-])CC(C)O1. The molecule has 1 aromatic heterocycles. The molecule has 1 aliphatic rings. The molecule has 1 saturated heterocycles. The Morgan fingerprint density at radius 2 is 1.80 bits per heavy atom. The van der Waals surface area contributed by atoms with Gasteiger partial charge in [0.15, 0.2) is 0 Å². The van der Waals surface area contributed by atoms with E-state index in [-0.39, 0.29) is 22.8 Å². The van der Waals surface area contributed by atoms with Gasteiger partial charge in [-0.2, -0.15) is 0 Å². The summed E-state index contributed by atoms with van der Waals surface area (Å²) in [5.41, 5.74) is 1.02. The van der Waals surface area contributed by atoms with Gasteiger partial charge in [-0.25, -0.2) is 9.97 Å². The lowest BCUT2D eigenvalue weighted by Crippen LogP contribution is -2.46. The predicted octanol–water partition coefficient (Wildman–Crippen LogP) is 2.57. The second-order valence-electron chi connectivity index (χ2n) is 8.00. The van der Waals surface area contributed by atoms with Crippen molar-refractivity contribution >= 4 is 17.3 Å². The molecule has 1 aromatic carbocycles. The summed E-state index contributed by atoms with van der Waals surface area (Å²) in [6.07, 6.45) is 1.37. The Balaban J connectivity index is 2.00. The molecule has 1 fully saturated rings. The fourth-order valence-electron chi connectivity index (χ4n) is 3.72. The fourth-order valence-corrected chi connectivity index (χ4v) is 3.72. The molecule has 2 heterocycles. The minimum atomic E-state index is -0.358. The Morgan fingerprint density at radius 1 is 1.13 bits per heavy atom. The summed E-state index contributed by atoms with van der Waals surface area (Å²) in [5.74, 6) is 0.706. The van der Waals surface area contributed by atoms with Crippen LogP contribution in [0.4, 0.5) is 17.3 Å². The second-order valence-corrected chi connectivity index (χ2v) is 8.00. The average Bonchev–Trinajstić information content (AvgIpc) is 2.70. The van der Waals surface area contributed by atoms with Crippen molar-refractivity contribution in [3.05, 3.63) is 52.3 Å². The van der Waals surface area contributed by atoms with Crippen LogP contribution in [-0.2, 0) is 11.3 Å². The first-order valence-electron chi connectivity index (χ1n) is 10.2. The summed E-state index contributed by atoms with van der Waals surface area (Å²) < 4.78 is 5.79. The van der Waals surface area contributed by atoms with Crippen LogP contribution in [0.25, 0.3) is 0 Å². The first-order valence-corrected chi connectivity index (χ1v) is 10.2. The van der Waals surface area contributed by atoms with E-state index in [1.54, 1.807) is 0 Å². The number of aromatic nitrogens is 2. The fraction of sp³-hybridized carbons (Fsp3) is 0.524. The molecule has 2 aromatic rings. The quantitative estimate of drug-likeness (QED) is 0.481. The zero-order valence-corrected chi connectivity index (χ0v) is 18.1. The van der Waals surface area contributed by atoms with E-state index >= 15 is 0 Å². The van der Waals surface area contributed by atoms with Crippen LogP contribution in [0.1, 0.15) is 19.4 Å². The number of nitrogens with zero attached hydrogens (tertiary/aromatic N) is 6. The number of hydrogen-bond acceptors (Lipinski definition) is 8. The normalized spacial score (nSPS) is 19.2. The molecular formula is C21H30N6O3. The number of likely N-dealkylation sites (N-methyl/N-ethyl adjacent to an activating group) is 1. The Bertz CT molecular complexity index is 838. The summed E-state index contributed by atoms with van der Waals surface area (Å²) in [7, 11) is 3.97. The minimum absolute atomic E-state index is 0.0269. The van der Waals surface area contributed by atoms with E-state index < -0.39 is 0 Å². The maximum absolute atomic E-state index is 12.2. The highest BCUT2D eigenvalue weighted by Crippen LogP contribution is 2.36. The summed E-state index contributed by atoms with van der Waals surface area (Å²) >= 11 is 0. The van der Waals surface area contributed by atoms with Crippen molar-refractivity contribution in [2.45, 2.75) is 32.6 Å². The molecule has 0 radical (unpaired) electrons. The van der Waals surface area contributed by atoms with Gasteiger partial charge >= 0.3 is 5.69 Å². The maximum Gasteiger partial charge on any atom is 0.353 e. The summed E-state index contributed by atoms with van der Waals surface area (Å²) in [6.45, 7) is 6.92. The molecule has 9 heteroatoms. The zero-order chi connectivity index (χ0) is 21.7. The van der Waals surface area contributed by atoms with E-state index in [0.717, 1.165) is 12.1 Å². The van der Waals surface area contributed by atoms with Crippen LogP contribution in [0.15, 0.2) is 36.7 Å². The molecule has 0 bridgehead atoms. The van der Waals surface area contributed by atoms with Crippen LogP contribution >= 0.6 is 0 Å². The lowest BCUT2D eigenvalue weighted by atomic mass is 10.2. The van der Waals surface area contributed by atoms with E-state index in [1.165, 1.54) is 6.33 Å². The Labute approximate surface area is 177 Å². The zero-order valence-electron chi connectivity index (χ0n) is 18.1. The van der Waals surface area contributed by atoms with Gasteiger partial charge in [-0.3, -0.25) is 10.1 Å². The van der Waals surface area contributed by atoms with E-state index in [9.17, 15) is 10.1 Å².